The Morgan fingerprint density at radius 1 is 1.37 bits per heavy atom. The number of hydrogen-bond donors (Lipinski definition) is 4. The lowest BCUT2D eigenvalue weighted by molar-refractivity contribution is -0.118. The number of rotatable bonds is 6. The fourth-order valence-electron chi connectivity index (χ4n) is 1.47. The van der Waals surface area contributed by atoms with Gasteiger partial charge in [-0.1, -0.05) is 11.6 Å². The molecule has 0 aromatic heterocycles. The number of hydrogen-bond acceptors (Lipinski definition) is 4. The minimum atomic E-state index is -0.739. The summed E-state index contributed by atoms with van der Waals surface area (Å²) in [5, 5.41) is 15.6. The summed E-state index contributed by atoms with van der Waals surface area (Å²) in [5.74, 6) is -1.04. The Morgan fingerprint density at radius 3 is 2.63 bits per heavy atom. The van der Waals surface area contributed by atoms with Crippen LogP contribution in [0.2, 0.25) is 5.02 Å². The van der Waals surface area contributed by atoms with Gasteiger partial charge in [0, 0.05) is 26.1 Å². The van der Waals surface area contributed by atoms with Crippen LogP contribution in [0.5, 0.6) is 5.75 Å². The molecule has 0 unspecified atom stereocenters. The Kier molecular flexibility index (Phi) is 5.44. The van der Waals surface area contributed by atoms with E-state index in [1.165, 1.54) is 19.1 Å². The summed E-state index contributed by atoms with van der Waals surface area (Å²) in [6, 6.07) is 2.66. The summed E-state index contributed by atoms with van der Waals surface area (Å²) in [6.45, 7) is 2.56. The minimum Gasteiger partial charge on any atom is -0.507 e. The van der Waals surface area contributed by atoms with Crippen LogP contribution in [0.1, 0.15) is 23.7 Å². The summed E-state index contributed by atoms with van der Waals surface area (Å²) in [5.41, 5.74) is 5.57. The zero-order valence-corrected chi connectivity index (χ0v) is 11.3. The summed E-state index contributed by atoms with van der Waals surface area (Å²) in [7, 11) is 0. The molecule has 0 saturated heterocycles. The van der Waals surface area contributed by atoms with Crippen LogP contribution in [0.4, 0.5) is 5.69 Å². The van der Waals surface area contributed by atoms with Crippen molar-refractivity contribution in [2.75, 3.05) is 18.4 Å². The maximum atomic E-state index is 11.0. The standard InChI is InChI=1S/C12H16ClN3O3/c1-7(17)15-3-2-4-16-10-6-11(18)8(12(14)19)5-9(10)13/h5-6,16,18H,2-4H2,1H3,(H2,14,19)(H,15,17). The number of benzene rings is 1. The third kappa shape index (κ3) is 4.67. The van der Waals surface area contributed by atoms with Crippen LogP contribution in [0.15, 0.2) is 12.1 Å². The molecular weight excluding hydrogens is 270 g/mol. The lowest BCUT2D eigenvalue weighted by Gasteiger charge is -2.10. The van der Waals surface area contributed by atoms with Crippen LogP contribution in [-0.4, -0.2) is 30.0 Å². The van der Waals surface area contributed by atoms with E-state index in [4.69, 9.17) is 17.3 Å². The highest BCUT2D eigenvalue weighted by atomic mass is 35.5. The van der Waals surface area contributed by atoms with Gasteiger partial charge in [-0.3, -0.25) is 9.59 Å². The molecule has 1 rings (SSSR count). The lowest BCUT2D eigenvalue weighted by atomic mass is 10.1. The Morgan fingerprint density at radius 2 is 2.05 bits per heavy atom. The number of nitrogens with two attached hydrogens (primary N) is 1. The largest absolute Gasteiger partial charge is 0.507 e. The van der Waals surface area contributed by atoms with Crippen molar-refractivity contribution in [1.29, 1.82) is 0 Å². The highest BCUT2D eigenvalue weighted by Gasteiger charge is 2.11. The van der Waals surface area contributed by atoms with E-state index in [1.54, 1.807) is 0 Å². The average Bonchev–Trinajstić information content (AvgIpc) is 2.31. The molecule has 1 aromatic rings. The first-order valence-electron chi connectivity index (χ1n) is 5.72. The van der Waals surface area contributed by atoms with Gasteiger partial charge in [-0.2, -0.15) is 0 Å². The fraction of sp³-hybridized carbons (Fsp3) is 0.333. The Hall–Kier alpha value is -1.95. The van der Waals surface area contributed by atoms with Gasteiger partial charge in [0.1, 0.15) is 5.75 Å². The van der Waals surface area contributed by atoms with Gasteiger partial charge in [0.25, 0.3) is 5.91 Å². The quantitative estimate of drug-likeness (QED) is 0.587. The molecule has 6 nitrogen and oxygen atoms in total. The number of nitrogens with one attached hydrogen (secondary N) is 2. The lowest BCUT2D eigenvalue weighted by Crippen LogP contribution is -2.22. The number of amides is 2. The smallest absolute Gasteiger partial charge is 0.252 e. The normalized spacial score (nSPS) is 10.0. The van der Waals surface area contributed by atoms with Crippen molar-refractivity contribution in [3.63, 3.8) is 0 Å². The number of primary amides is 1. The minimum absolute atomic E-state index is 0.0196. The number of carbonyl (C=O) groups is 2. The van der Waals surface area contributed by atoms with E-state index in [1.807, 2.05) is 0 Å². The van der Waals surface area contributed by atoms with Crippen LogP contribution in [0.25, 0.3) is 0 Å². The van der Waals surface area contributed by atoms with Crippen molar-refractivity contribution in [3.8, 4) is 5.75 Å². The van der Waals surface area contributed by atoms with Crippen molar-refractivity contribution in [2.45, 2.75) is 13.3 Å². The molecule has 0 saturated carbocycles. The first-order valence-corrected chi connectivity index (χ1v) is 6.10. The molecule has 0 aliphatic rings. The van der Waals surface area contributed by atoms with Crippen molar-refractivity contribution >= 4 is 29.1 Å². The van der Waals surface area contributed by atoms with Gasteiger partial charge < -0.3 is 21.5 Å². The predicted molar refractivity (Wildman–Crippen MR) is 73.4 cm³/mol. The van der Waals surface area contributed by atoms with Gasteiger partial charge in [-0.25, -0.2) is 0 Å². The first-order chi connectivity index (χ1) is 8.91. The van der Waals surface area contributed by atoms with Crippen molar-refractivity contribution in [2.24, 2.45) is 5.73 Å². The second-order valence-corrected chi connectivity index (χ2v) is 4.38. The van der Waals surface area contributed by atoms with Gasteiger partial charge in [-0.15, -0.1) is 0 Å². The summed E-state index contributed by atoms with van der Waals surface area (Å²) >= 11 is 5.96. The van der Waals surface area contributed by atoms with Gasteiger partial charge in [0.15, 0.2) is 0 Å². The van der Waals surface area contributed by atoms with Gasteiger partial charge in [-0.05, 0) is 12.5 Å². The van der Waals surface area contributed by atoms with E-state index in [0.717, 1.165) is 0 Å². The van der Waals surface area contributed by atoms with Crippen molar-refractivity contribution < 1.29 is 14.7 Å². The number of anilines is 1. The molecule has 19 heavy (non-hydrogen) atoms. The Balaban J connectivity index is 2.57. The molecule has 5 N–H and O–H groups in total. The maximum Gasteiger partial charge on any atom is 0.252 e. The molecule has 0 atom stereocenters. The molecule has 2 amide bonds. The summed E-state index contributed by atoms with van der Waals surface area (Å²) < 4.78 is 0. The molecule has 0 aliphatic carbocycles. The van der Waals surface area contributed by atoms with Crippen molar-refractivity contribution in [3.05, 3.63) is 22.7 Å². The second-order valence-electron chi connectivity index (χ2n) is 3.98. The van der Waals surface area contributed by atoms with Crippen LogP contribution in [0, 0.1) is 0 Å². The van der Waals surface area contributed by atoms with Gasteiger partial charge in [0.05, 0.1) is 16.3 Å². The molecule has 0 heterocycles. The molecule has 104 valence electrons. The second kappa shape index (κ2) is 6.84. The highest BCUT2D eigenvalue weighted by molar-refractivity contribution is 6.33. The average molecular weight is 286 g/mol. The van der Waals surface area contributed by atoms with Gasteiger partial charge >= 0.3 is 0 Å². The van der Waals surface area contributed by atoms with Crippen LogP contribution >= 0.6 is 11.6 Å². The van der Waals surface area contributed by atoms with Crippen LogP contribution < -0.4 is 16.4 Å². The number of aromatic hydroxyl groups is 1. The molecule has 7 heteroatoms. The van der Waals surface area contributed by atoms with E-state index in [0.29, 0.717) is 30.2 Å². The molecule has 0 aliphatic heterocycles. The van der Waals surface area contributed by atoms with E-state index in [-0.39, 0.29) is 17.2 Å². The van der Waals surface area contributed by atoms with E-state index in [2.05, 4.69) is 10.6 Å². The zero-order valence-electron chi connectivity index (χ0n) is 10.5. The van der Waals surface area contributed by atoms with E-state index >= 15 is 0 Å². The van der Waals surface area contributed by atoms with E-state index < -0.39 is 5.91 Å². The van der Waals surface area contributed by atoms with Gasteiger partial charge in [0.2, 0.25) is 5.91 Å². The summed E-state index contributed by atoms with van der Waals surface area (Å²) in [4.78, 5) is 21.6. The topological polar surface area (TPSA) is 104 Å². The number of phenols is 1. The molecular formula is C12H16ClN3O3. The molecule has 0 fully saturated rings. The van der Waals surface area contributed by atoms with Crippen molar-refractivity contribution in [1.82, 2.24) is 5.32 Å². The number of halogens is 1. The molecule has 0 radical (unpaired) electrons. The third-order valence-corrected chi connectivity index (χ3v) is 2.71. The van der Waals surface area contributed by atoms with Crippen LogP contribution in [-0.2, 0) is 4.79 Å². The fourth-order valence-corrected chi connectivity index (χ4v) is 1.70. The molecule has 0 spiro atoms. The SMILES string of the molecule is CC(=O)NCCCNc1cc(O)c(C(N)=O)cc1Cl. The monoisotopic (exact) mass is 285 g/mol. The maximum absolute atomic E-state index is 11.0. The predicted octanol–water partition coefficient (Wildman–Crippen LogP) is 1.08. The molecule has 0 bridgehead atoms. The Labute approximate surface area is 115 Å². The Bertz CT molecular complexity index is 491. The van der Waals surface area contributed by atoms with E-state index in [9.17, 15) is 14.7 Å². The summed E-state index contributed by atoms with van der Waals surface area (Å²) in [6.07, 6.45) is 0.703. The first kappa shape index (κ1) is 15.1. The van der Waals surface area contributed by atoms with Crippen LogP contribution in [0.3, 0.4) is 0 Å². The number of carbonyl (C=O) groups excluding carboxylic acids is 2. The molecule has 1 aromatic carbocycles. The third-order valence-electron chi connectivity index (χ3n) is 2.39. The zero-order chi connectivity index (χ0) is 14.4. The highest BCUT2D eigenvalue weighted by Crippen LogP contribution is 2.29.